The molecule has 1 saturated heterocycles. The fourth-order valence-electron chi connectivity index (χ4n) is 4.54. The molecule has 1 fully saturated rings. The number of morpholine rings is 1. The second-order valence-electron chi connectivity index (χ2n) is 8.51. The van der Waals surface area contributed by atoms with Gasteiger partial charge in [0, 0.05) is 31.4 Å². The monoisotopic (exact) mass is 455 g/mol. The highest BCUT2D eigenvalue weighted by Gasteiger charge is 2.17. The SMILES string of the molecule is Cc1c2c(=O)n(-c3cccc(C#N)c3)[nH]c2cc(=O)n1Cc1ccccc1CN1CCOCC1. The molecule has 0 amide bonds. The van der Waals surface area contributed by atoms with Gasteiger partial charge in [-0.25, -0.2) is 4.68 Å². The molecular weight excluding hydrogens is 430 g/mol. The molecule has 172 valence electrons. The summed E-state index contributed by atoms with van der Waals surface area (Å²) in [6.07, 6.45) is 0. The van der Waals surface area contributed by atoms with Crippen LogP contribution in [0, 0.1) is 18.3 Å². The Morgan fingerprint density at radius 3 is 2.47 bits per heavy atom. The summed E-state index contributed by atoms with van der Waals surface area (Å²) in [6, 6.07) is 18.5. The van der Waals surface area contributed by atoms with Crippen LogP contribution in [0.4, 0.5) is 0 Å². The summed E-state index contributed by atoms with van der Waals surface area (Å²) in [5, 5.41) is 12.7. The minimum Gasteiger partial charge on any atom is -0.379 e. The Hall–Kier alpha value is -3.93. The molecule has 0 atom stereocenters. The molecule has 0 bridgehead atoms. The van der Waals surface area contributed by atoms with Gasteiger partial charge < -0.3 is 9.30 Å². The zero-order chi connectivity index (χ0) is 23.7. The van der Waals surface area contributed by atoms with E-state index in [0.717, 1.165) is 44.0 Å². The number of hydrogen-bond acceptors (Lipinski definition) is 5. The third-order valence-corrected chi connectivity index (χ3v) is 6.40. The number of H-pyrrole nitrogens is 1. The number of benzene rings is 2. The van der Waals surface area contributed by atoms with Crippen LogP contribution in [0.3, 0.4) is 0 Å². The molecule has 0 saturated carbocycles. The largest absolute Gasteiger partial charge is 0.379 e. The minimum atomic E-state index is -0.252. The van der Waals surface area contributed by atoms with Crippen molar-refractivity contribution in [3.8, 4) is 11.8 Å². The molecule has 2 aromatic carbocycles. The number of rotatable bonds is 5. The van der Waals surface area contributed by atoms with Gasteiger partial charge in [0.15, 0.2) is 0 Å². The molecule has 8 nitrogen and oxygen atoms in total. The van der Waals surface area contributed by atoms with Crippen molar-refractivity contribution in [3.63, 3.8) is 0 Å². The molecule has 3 heterocycles. The fraction of sp³-hybridized carbons (Fsp3) is 0.269. The molecule has 1 aliphatic heterocycles. The molecule has 4 aromatic rings. The Balaban J connectivity index is 1.54. The third-order valence-electron chi connectivity index (χ3n) is 6.40. The van der Waals surface area contributed by atoms with E-state index in [-0.39, 0.29) is 11.1 Å². The van der Waals surface area contributed by atoms with Crippen LogP contribution < -0.4 is 11.1 Å². The van der Waals surface area contributed by atoms with Crippen molar-refractivity contribution in [1.29, 1.82) is 5.26 Å². The van der Waals surface area contributed by atoms with Gasteiger partial charge in [0.1, 0.15) is 0 Å². The topological polar surface area (TPSA) is 96.1 Å². The van der Waals surface area contributed by atoms with E-state index in [1.807, 2.05) is 18.2 Å². The predicted molar refractivity (Wildman–Crippen MR) is 129 cm³/mol. The Morgan fingerprint density at radius 2 is 1.74 bits per heavy atom. The Morgan fingerprint density at radius 1 is 1.00 bits per heavy atom. The van der Waals surface area contributed by atoms with Gasteiger partial charge in [-0.1, -0.05) is 30.3 Å². The van der Waals surface area contributed by atoms with Gasteiger partial charge in [-0.3, -0.25) is 19.6 Å². The molecule has 8 heteroatoms. The molecule has 2 aromatic heterocycles. The maximum Gasteiger partial charge on any atom is 0.280 e. The number of nitriles is 1. The number of aryl methyl sites for hydroxylation is 1. The molecule has 1 N–H and O–H groups in total. The zero-order valence-corrected chi connectivity index (χ0v) is 19.0. The van der Waals surface area contributed by atoms with Gasteiger partial charge >= 0.3 is 0 Å². The number of nitrogens with zero attached hydrogens (tertiary/aromatic N) is 4. The average Bonchev–Trinajstić information content (AvgIpc) is 3.19. The molecule has 0 spiro atoms. The van der Waals surface area contributed by atoms with Crippen molar-refractivity contribution in [2.24, 2.45) is 0 Å². The number of nitrogens with one attached hydrogen (secondary N) is 1. The van der Waals surface area contributed by atoms with Crippen LogP contribution in [0.2, 0.25) is 0 Å². The lowest BCUT2D eigenvalue weighted by molar-refractivity contribution is 0.0340. The number of aromatic nitrogens is 3. The summed E-state index contributed by atoms with van der Waals surface area (Å²) in [5.74, 6) is 0. The van der Waals surface area contributed by atoms with Gasteiger partial charge in [-0.2, -0.15) is 5.26 Å². The lowest BCUT2D eigenvalue weighted by atomic mass is 10.1. The highest BCUT2D eigenvalue weighted by Crippen LogP contribution is 2.18. The number of hydrogen-bond donors (Lipinski definition) is 1. The van der Waals surface area contributed by atoms with Crippen molar-refractivity contribution in [1.82, 2.24) is 19.2 Å². The average molecular weight is 456 g/mol. The lowest BCUT2D eigenvalue weighted by Crippen LogP contribution is -2.36. The summed E-state index contributed by atoms with van der Waals surface area (Å²) >= 11 is 0. The summed E-state index contributed by atoms with van der Waals surface area (Å²) in [4.78, 5) is 28.7. The number of pyridine rings is 1. The van der Waals surface area contributed by atoms with Crippen LogP contribution in [0.25, 0.3) is 16.6 Å². The summed E-state index contributed by atoms with van der Waals surface area (Å²) < 4.78 is 8.50. The van der Waals surface area contributed by atoms with Crippen molar-refractivity contribution >= 4 is 10.9 Å². The normalized spacial score (nSPS) is 14.4. The first-order chi connectivity index (χ1) is 16.5. The molecule has 34 heavy (non-hydrogen) atoms. The van der Waals surface area contributed by atoms with Gasteiger partial charge in [0.2, 0.25) is 0 Å². The quantitative estimate of drug-likeness (QED) is 0.499. The van der Waals surface area contributed by atoms with Crippen LogP contribution in [-0.4, -0.2) is 45.6 Å². The van der Waals surface area contributed by atoms with Gasteiger partial charge in [-0.15, -0.1) is 0 Å². The predicted octanol–water partition coefficient (Wildman–Crippen LogP) is 2.54. The first kappa shape index (κ1) is 21.9. The second kappa shape index (κ2) is 9.14. The van der Waals surface area contributed by atoms with E-state index >= 15 is 0 Å². The van der Waals surface area contributed by atoms with Crippen LogP contribution >= 0.6 is 0 Å². The van der Waals surface area contributed by atoms with Crippen molar-refractivity contribution in [2.75, 3.05) is 26.3 Å². The minimum absolute atomic E-state index is 0.176. The highest BCUT2D eigenvalue weighted by atomic mass is 16.5. The Kier molecular flexibility index (Phi) is 5.88. The van der Waals surface area contributed by atoms with Crippen LogP contribution in [0.5, 0.6) is 0 Å². The van der Waals surface area contributed by atoms with Crippen LogP contribution in [0.1, 0.15) is 22.4 Å². The third kappa shape index (κ3) is 4.07. The van der Waals surface area contributed by atoms with Gasteiger partial charge in [0.05, 0.1) is 48.0 Å². The summed E-state index contributed by atoms with van der Waals surface area (Å²) in [5.41, 5.74) is 3.88. The molecule has 0 unspecified atom stereocenters. The fourth-order valence-corrected chi connectivity index (χ4v) is 4.54. The molecule has 5 rings (SSSR count). The van der Waals surface area contributed by atoms with E-state index < -0.39 is 0 Å². The van der Waals surface area contributed by atoms with Crippen LogP contribution in [0.15, 0.2) is 64.2 Å². The van der Waals surface area contributed by atoms with Crippen molar-refractivity contribution in [2.45, 2.75) is 20.0 Å². The van der Waals surface area contributed by atoms with E-state index in [9.17, 15) is 14.9 Å². The van der Waals surface area contributed by atoms with Crippen molar-refractivity contribution < 1.29 is 4.74 Å². The van der Waals surface area contributed by atoms with E-state index in [1.54, 1.807) is 35.8 Å². The van der Waals surface area contributed by atoms with Crippen molar-refractivity contribution in [3.05, 3.63) is 97.7 Å². The second-order valence-corrected chi connectivity index (χ2v) is 8.51. The maximum atomic E-state index is 13.3. The van der Waals surface area contributed by atoms with E-state index in [0.29, 0.717) is 34.4 Å². The number of ether oxygens (including phenoxy) is 1. The summed E-state index contributed by atoms with van der Waals surface area (Å²) in [7, 11) is 0. The maximum absolute atomic E-state index is 13.3. The first-order valence-electron chi connectivity index (χ1n) is 11.3. The molecular formula is C26H25N5O3. The van der Waals surface area contributed by atoms with E-state index in [2.05, 4.69) is 22.1 Å². The van der Waals surface area contributed by atoms with Crippen LogP contribution in [-0.2, 0) is 17.8 Å². The first-order valence-corrected chi connectivity index (χ1v) is 11.3. The smallest absolute Gasteiger partial charge is 0.280 e. The standard InChI is InChI=1S/C26H25N5O3/c1-18-25-23(28-31(26(25)33)22-8-4-5-19(13-22)15-27)14-24(32)30(18)17-21-7-3-2-6-20(21)16-29-9-11-34-12-10-29/h2-8,13-14,28H,9-12,16-17H2,1H3. The lowest BCUT2D eigenvalue weighted by Gasteiger charge is -2.27. The summed E-state index contributed by atoms with van der Waals surface area (Å²) in [6.45, 7) is 6.21. The van der Waals surface area contributed by atoms with E-state index in [1.165, 1.54) is 10.7 Å². The molecule has 1 aliphatic rings. The number of fused-ring (bicyclic) bond motifs is 1. The number of aromatic amines is 1. The zero-order valence-electron chi connectivity index (χ0n) is 19.0. The van der Waals surface area contributed by atoms with Gasteiger partial charge in [0.25, 0.3) is 11.1 Å². The highest BCUT2D eigenvalue weighted by molar-refractivity contribution is 5.80. The van der Waals surface area contributed by atoms with E-state index in [4.69, 9.17) is 4.74 Å². The molecule has 0 radical (unpaired) electrons. The Labute approximate surface area is 196 Å². The molecule has 0 aliphatic carbocycles. The Bertz CT molecular complexity index is 1520. The van der Waals surface area contributed by atoms with Gasteiger partial charge in [-0.05, 0) is 36.2 Å².